The summed E-state index contributed by atoms with van der Waals surface area (Å²) in [7, 11) is 0. The lowest BCUT2D eigenvalue weighted by molar-refractivity contribution is -0.198. The first-order chi connectivity index (χ1) is 15.0. The van der Waals surface area contributed by atoms with E-state index in [2.05, 4.69) is 11.3 Å². The molecule has 6 atom stereocenters. The van der Waals surface area contributed by atoms with Gasteiger partial charge in [0.05, 0.1) is 18.3 Å². The van der Waals surface area contributed by atoms with E-state index in [1.165, 1.54) is 0 Å². The van der Waals surface area contributed by atoms with Gasteiger partial charge in [0, 0.05) is 11.8 Å². The summed E-state index contributed by atoms with van der Waals surface area (Å²) in [6, 6.07) is 0. The average molecular weight is 498 g/mol. The summed E-state index contributed by atoms with van der Waals surface area (Å²) >= 11 is 0. The molecule has 1 saturated heterocycles. The van der Waals surface area contributed by atoms with Crippen LogP contribution in [0, 0.1) is 23.7 Å². The summed E-state index contributed by atoms with van der Waals surface area (Å²) in [6.45, 7) is 0.550. The van der Waals surface area contributed by atoms with Gasteiger partial charge in [0.2, 0.25) is 0 Å². The molecule has 3 fully saturated rings. The molecule has 0 aromatic carbocycles. The van der Waals surface area contributed by atoms with Crippen LogP contribution in [0.5, 0.6) is 0 Å². The fraction of sp³-hybridized carbons (Fsp3) is 0.722. The maximum absolute atomic E-state index is 13.7. The molecule has 1 heterocycles. The summed E-state index contributed by atoms with van der Waals surface area (Å²) in [5.74, 6) is -18.8. The number of alkyl halides is 9. The van der Waals surface area contributed by atoms with Crippen LogP contribution >= 0.6 is 0 Å². The molecule has 6 unspecified atom stereocenters. The fourth-order valence-corrected chi connectivity index (χ4v) is 4.53. The zero-order chi connectivity index (χ0) is 25.1. The highest BCUT2D eigenvalue weighted by atomic mass is 19.4. The largest absolute Gasteiger partial charge is 0.459 e. The molecular formula is C18H15F9O6. The number of rotatable bonds is 8. The molecule has 2 aliphatic carbocycles. The van der Waals surface area contributed by atoms with Crippen molar-refractivity contribution in [1.82, 2.24) is 0 Å². The summed E-state index contributed by atoms with van der Waals surface area (Å²) in [5, 5.41) is 0. The highest BCUT2D eigenvalue weighted by Crippen LogP contribution is 2.59. The molecule has 0 spiro atoms. The van der Waals surface area contributed by atoms with Gasteiger partial charge in [0.1, 0.15) is 17.8 Å². The maximum atomic E-state index is 13.7. The minimum atomic E-state index is -5.13. The van der Waals surface area contributed by atoms with Crippen molar-refractivity contribution >= 4 is 17.9 Å². The van der Waals surface area contributed by atoms with Crippen molar-refractivity contribution in [1.29, 1.82) is 0 Å². The quantitative estimate of drug-likeness (QED) is 0.221. The Morgan fingerprint density at radius 2 is 1.70 bits per heavy atom. The van der Waals surface area contributed by atoms with E-state index in [-0.39, 0.29) is 6.42 Å². The number of ether oxygens (including phenoxy) is 3. The summed E-state index contributed by atoms with van der Waals surface area (Å²) in [4.78, 5) is 36.3. The molecule has 15 heteroatoms. The van der Waals surface area contributed by atoms with Crippen molar-refractivity contribution < 1.29 is 68.1 Å². The van der Waals surface area contributed by atoms with E-state index in [1.807, 2.05) is 0 Å². The molecule has 0 N–H and O–H groups in total. The molecule has 0 amide bonds. The van der Waals surface area contributed by atoms with Crippen molar-refractivity contribution in [2.75, 3.05) is 6.61 Å². The number of hydrogen-bond acceptors (Lipinski definition) is 6. The predicted molar refractivity (Wildman–Crippen MR) is 85.0 cm³/mol. The van der Waals surface area contributed by atoms with Crippen LogP contribution in [0.25, 0.3) is 0 Å². The second-order valence-electron chi connectivity index (χ2n) is 8.06. The summed E-state index contributed by atoms with van der Waals surface area (Å²) in [6.07, 6.45) is -14.9. The van der Waals surface area contributed by atoms with Crippen LogP contribution in [0.2, 0.25) is 0 Å². The van der Waals surface area contributed by atoms with E-state index in [9.17, 15) is 53.9 Å². The third-order valence-corrected chi connectivity index (χ3v) is 5.89. The van der Waals surface area contributed by atoms with Gasteiger partial charge in [0.25, 0.3) is 5.92 Å². The molecule has 186 valence electrons. The van der Waals surface area contributed by atoms with Crippen LogP contribution in [-0.4, -0.2) is 61.2 Å². The molecule has 0 radical (unpaired) electrons. The summed E-state index contributed by atoms with van der Waals surface area (Å²) in [5.41, 5.74) is -1.87. The number of fused-ring (bicyclic) bond motifs is 1. The van der Waals surface area contributed by atoms with Gasteiger partial charge in [-0.3, -0.25) is 9.59 Å². The second-order valence-corrected chi connectivity index (χ2v) is 8.06. The van der Waals surface area contributed by atoms with Crippen LogP contribution in [-0.2, 0) is 28.6 Å². The molecule has 2 bridgehead atoms. The van der Waals surface area contributed by atoms with Gasteiger partial charge in [0.15, 0.2) is 6.61 Å². The van der Waals surface area contributed by atoms with Crippen LogP contribution in [0.15, 0.2) is 12.2 Å². The number of hydrogen-bond donors (Lipinski definition) is 0. The number of carbonyl (C=O) groups is 3. The Bertz CT molecular complexity index is 855. The van der Waals surface area contributed by atoms with Crippen molar-refractivity contribution in [2.45, 2.75) is 49.5 Å². The van der Waals surface area contributed by atoms with E-state index in [1.54, 1.807) is 0 Å². The van der Waals surface area contributed by atoms with Gasteiger partial charge in [-0.25, -0.2) is 31.1 Å². The van der Waals surface area contributed by atoms with E-state index in [0.29, 0.717) is 0 Å². The van der Waals surface area contributed by atoms with Crippen molar-refractivity contribution in [3.05, 3.63) is 12.2 Å². The van der Waals surface area contributed by atoms with E-state index < -0.39 is 96.8 Å². The smallest absolute Gasteiger partial charge is 0.422 e. The molecule has 6 nitrogen and oxygen atoms in total. The molecular weight excluding hydrogens is 483 g/mol. The fourth-order valence-electron chi connectivity index (χ4n) is 4.53. The predicted octanol–water partition coefficient (Wildman–Crippen LogP) is 3.29. The Morgan fingerprint density at radius 1 is 1.09 bits per heavy atom. The van der Waals surface area contributed by atoms with Gasteiger partial charge in [-0.15, -0.1) is 0 Å². The van der Waals surface area contributed by atoms with E-state index >= 15 is 0 Å². The molecule has 0 aromatic heterocycles. The van der Waals surface area contributed by atoms with E-state index in [4.69, 9.17) is 9.47 Å². The van der Waals surface area contributed by atoms with Gasteiger partial charge in [-0.05, 0) is 6.42 Å². The first-order valence-electron chi connectivity index (χ1n) is 9.34. The van der Waals surface area contributed by atoms with Crippen molar-refractivity contribution in [3.63, 3.8) is 0 Å². The monoisotopic (exact) mass is 498 g/mol. The molecule has 2 saturated carbocycles. The Kier molecular flexibility index (Phi) is 6.16. The third-order valence-electron chi connectivity index (χ3n) is 5.89. The first kappa shape index (κ1) is 25.1. The maximum Gasteiger partial charge on any atom is 0.422 e. The lowest BCUT2D eigenvalue weighted by Crippen LogP contribution is -2.45. The normalized spacial score (nSPS) is 31.0. The third kappa shape index (κ3) is 4.63. The molecule has 33 heavy (non-hydrogen) atoms. The molecule has 3 aliphatic rings. The SMILES string of the molecule is C=C(C(=O)OC1C2CC3C1OC(=O)C3C2C(=O)OCC(F)(F)CC(F)(F)C(F)F)C(F)(F)F. The number of carbonyl (C=O) groups excluding carboxylic acids is 3. The number of esters is 3. The Morgan fingerprint density at radius 3 is 2.24 bits per heavy atom. The Hall–Kier alpha value is -2.48. The number of halogens is 9. The van der Waals surface area contributed by atoms with Crippen molar-refractivity contribution in [2.24, 2.45) is 23.7 Å². The zero-order valence-corrected chi connectivity index (χ0v) is 16.2. The standard InChI is InChI=1S/C18H15F9O6/c1-5(18(25,26)27)12(28)32-10-6-2-7-9(14(30)33-11(7)10)8(6)13(29)31-4-16(21,22)3-17(23,24)15(19)20/h6-11,15H,1-4H2. The Labute approximate surface area is 179 Å². The van der Waals surface area contributed by atoms with Crippen LogP contribution in [0.4, 0.5) is 39.5 Å². The van der Waals surface area contributed by atoms with Gasteiger partial charge in [-0.2, -0.15) is 13.2 Å². The zero-order valence-electron chi connectivity index (χ0n) is 16.2. The minimum absolute atomic E-state index is 0.0584. The van der Waals surface area contributed by atoms with Crippen LogP contribution < -0.4 is 0 Å². The lowest BCUT2D eigenvalue weighted by Gasteiger charge is -2.31. The molecule has 1 aliphatic heterocycles. The average Bonchev–Trinajstić information content (AvgIpc) is 3.27. The molecule has 3 rings (SSSR count). The van der Waals surface area contributed by atoms with Crippen LogP contribution in [0.1, 0.15) is 12.8 Å². The van der Waals surface area contributed by atoms with E-state index in [0.717, 1.165) is 0 Å². The second kappa shape index (κ2) is 8.08. The van der Waals surface area contributed by atoms with Crippen molar-refractivity contribution in [3.8, 4) is 0 Å². The molecule has 0 aromatic rings. The van der Waals surface area contributed by atoms with Gasteiger partial charge < -0.3 is 14.2 Å². The summed E-state index contributed by atoms with van der Waals surface area (Å²) < 4.78 is 129. The highest BCUT2D eigenvalue weighted by molar-refractivity contribution is 5.90. The van der Waals surface area contributed by atoms with Gasteiger partial charge >= 0.3 is 36.4 Å². The first-order valence-corrected chi connectivity index (χ1v) is 9.34. The highest BCUT2D eigenvalue weighted by Gasteiger charge is 2.70. The lowest BCUT2D eigenvalue weighted by atomic mass is 9.78. The Balaban J connectivity index is 1.70. The van der Waals surface area contributed by atoms with Gasteiger partial charge in [-0.1, -0.05) is 6.58 Å². The minimum Gasteiger partial charge on any atom is -0.459 e. The van der Waals surface area contributed by atoms with Crippen LogP contribution in [0.3, 0.4) is 0 Å². The topological polar surface area (TPSA) is 78.9 Å².